The van der Waals surface area contributed by atoms with Crippen LogP contribution in [0.2, 0.25) is 0 Å². The van der Waals surface area contributed by atoms with Crippen molar-refractivity contribution in [1.29, 1.82) is 0 Å². The van der Waals surface area contributed by atoms with Crippen LogP contribution in [0.15, 0.2) is 41.3 Å². The zero-order valence-corrected chi connectivity index (χ0v) is 20.2. The molecule has 0 saturated carbocycles. The van der Waals surface area contributed by atoms with Gasteiger partial charge >= 0.3 is 0 Å². The van der Waals surface area contributed by atoms with Gasteiger partial charge in [0.25, 0.3) is 11.1 Å². The number of carbonyl (C=O) groups is 3. The van der Waals surface area contributed by atoms with Crippen molar-refractivity contribution in [2.45, 2.75) is 40.2 Å². The second-order valence-corrected chi connectivity index (χ2v) is 8.87. The summed E-state index contributed by atoms with van der Waals surface area (Å²) in [6, 6.07) is 11.0. The van der Waals surface area contributed by atoms with Gasteiger partial charge in [0.2, 0.25) is 5.91 Å². The molecule has 3 rings (SSSR count). The van der Waals surface area contributed by atoms with Crippen molar-refractivity contribution >= 4 is 40.6 Å². The molecule has 1 aliphatic heterocycles. The van der Waals surface area contributed by atoms with E-state index in [1.54, 1.807) is 37.5 Å². The van der Waals surface area contributed by atoms with E-state index in [1.807, 2.05) is 39.8 Å². The van der Waals surface area contributed by atoms with Gasteiger partial charge in [0.1, 0.15) is 6.54 Å². The highest BCUT2D eigenvalue weighted by Gasteiger charge is 2.36. The Morgan fingerprint density at radius 3 is 2.58 bits per heavy atom. The molecule has 1 aliphatic rings. The standard InChI is InChI=1S/C25H28N2O5S/c1-6-17(4)32-20-10-8-18(12-21(20)31-5)13-22-24(29)27(25(30)33-22)14-23(28)26-19-9-7-15(2)11-16(19)3/h7-13,17H,6,14H2,1-5H3,(H,26,28)/b22-13-/t17-/m0/s1. The number of carbonyl (C=O) groups excluding carboxylic acids is 3. The molecule has 8 heteroatoms. The summed E-state index contributed by atoms with van der Waals surface area (Å²) in [4.78, 5) is 38.9. The molecule has 1 fully saturated rings. The summed E-state index contributed by atoms with van der Waals surface area (Å²) in [6.45, 7) is 7.51. The number of anilines is 1. The van der Waals surface area contributed by atoms with Gasteiger partial charge in [0, 0.05) is 5.69 Å². The number of methoxy groups -OCH3 is 1. The fraction of sp³-hybridized carbons (Fsp3) is 0.320. The van der Waals surface area contributed by atoms with E-state index in [0.29, 0.717) is 22.7 Å². The predicted molar refractivity (Wildman–Crippen MR) is 131 cm³/mol. The Bertz CT molecular complexity index is 1110. The minimum absolute atomic E-state index is 0.0380. The number of hydrogen-bond donors (Lipinski definition) is 1. The lowest BCUT2D eigenvalue weighted by atomic mass is 10.1. The normalized spacial score (nSPS) is 15.7. The number of nitrogens with zero attached hydrogens (tertiary/aromatic N) is 1. The Labute approximate surface area is 198 Å². The second kappa shape index (κ2) is 10.6. The molecule has 0 radical (unpaired) electrons. The van der Waals surface area contributed by atoms with Crippen molar-refractivity contribution in [3.8, 4) is 11.5 Å². The fourth-order valence-corrected chi connectivity index (χ4v) is 4.08. The Morgan fingerprint density at radius 2 is 1.91 bits per heavy atom. The van der Waals surface area contributed by atoms with E-state index in [2.05, 4.69) is 5.32 Å². The first-order chi connectivity index (χ1) is 15.7. The predicted octanol–water partition coefficient (Wildman–Crippen LogP) is 5.16. The highest BCUT2D eigenvalue weighted by molar-refractivity contribution is 8.18. The first kappa shape index (κ1) is 24.4. The van der Waals surface area contributed by atoms with Gasteiger partial charge in [0.05, 0.1) is 18.1 Å². The number of hydrogen-bond acceptors (Lipinski definition) is 6. The molecule has 0 bridgehead atoms. The molecule has 33 heavy (non-hydrogen) atoms. The number of benzene rings is 2. The van der Waals surface area contributed by atoms with E-state index in [4.69, 9.17) is 9.47 Å². The van der Waals surface area contributed by atoms with Gasteiger partial charge in [-0.25, -0.2) is 0 Å². The molecule has 1 atom stereocenters. The summed E-state index contributed by atoms with van der Waals surface area (Å²) in [5, 5.41) is 2.29. The molecule has 2 aromatic carbocycles. The second-order valence-electron chi connectivity index (χ2n) is 7.88. The van der Waals surface area contributed by atoms with Gasteiger partial charge in [-0.15, -0.1) is 0 Å². The van der Waals surface area contributed by atoms with Crippen molar-refractivity contribution in [2.75, 3.05) is 19.0 Å². The van der Waals surface area contributed by atoms with E-state index in [9.17, 15) is 14.4 Å². The zero-order valence-electron chi connectivity index (χ0n) is 19.4. The van der Waals surface area contributed by atoms with Crippen LogP contribution in [-0.4, -0.2) is 41.7 Å². The summed E-state index contributed by atoms with van der Waals surface area (Å²) >= 11 is 0.808. The minimum Gasteiger partial charge on any atom is -0.493 e. The third-order valence-electron chi connectivity index (χ3n) is 5.22. The van der Waals surface area contributed by atoms with Crippen LogP contribution in [0.25, 0.3) is 6.08 Å². The Balaban J connectivity index is 1.72. The molecule has 0 aromatic heterocycles. The number of thioether (sulfide) groups is 1. The molecule has 0 aliphatic carbocycles. The van der Waals surface area contributed by atoms with E-state index in [1.165, 1.54) is 0 Å². The maximum atomic E-state index is 12.8. The average Bonchev–Trinajstić information content (AvgIpc) is 3.03. The number of amides is 3. The van der Waals surface area contributed by atoms with Gasteiger partial charge in [-0.3, -0.25) is 19.3 Å². The number of nitrogens with one attached hydrogen (secondary N) is 1. The van der Waals surface area contributed by atoms with E-state index >= 15 is 0 Å². The molecule has 1 heterocycles. The average molecular weight is 469 g/mol. The van der Waals surface area contributed by atoms with Crippen LogP contribution in [0.5, 0.6) is 11.5 Å². The summed E-state index contributed by atoms with van der Waals surface area (Å²) in [5.74, 6) is 0.217. The van der Waals surface area contributed by atoms with Gasteiger partial charge in [-0.2, -0.15) is 0 Å². The quantitative estimate of drug-likeness (QED) is 0.539. The first-order valence-corrected chi connectivity index (χ1v) is 11.5. The molecule has 3 amide bonds. The lowest BCUT2D eigenvalue weighted by Gasteiger charge is -2.16. The van der Waals surface area contributed by atoms with Crippen molar-refractivity contribution in [3.05, 3.63) is 58.0 Å². The number of ether oxygens (including phenoxy) is 2. The minimum atomic E-state index is -0.500. The maximum Gasteiger partial charge on any atom is 0.294 e. The summed E-state index contributed by atoms with van der Waals surface area (Å²) in [7, 11) is 1.55. The van der Waals surface area contributed by atoms with Crippen molar-refractivity contribution in [2.24, 2.45) is 0 Å². The summed E-state index contributed by atoms with van der Waals surface area (Å²) in [6.07, 6.45) is 2.51. The highest BCUT2D eigenvalue weighted by Crippen LogP contribution is 2.35. The third kappa shape index (κ3) is 5.96. The molecule has 7 nitrogen and oxygen atoms in total. The fourth-order valence-electron chi connectivity index (χ4n) is 3.25. The van der Waals surface area contributed by atoms with Gasteiger partial charge < -0.3 is 14.8 Å². The third-order valence-corrected chi connectivity index (χ3v) is 6.13. The number of imide groups is 1. The van der Waals surface area contributed by atoms with Crippen LogP contribution in [0.3, 0.4) is 0 Å². The van der Waals surface area contributed by atoms with Gasteiger partial charge in [-0.1, -0.05) is 30.7 Å². The monoisotopic (exact) mass is 468 g/mol. The van der Waals surface area contributed by atoms with Crippen LogP contribution in [-0.2, 0) is 9.59 Å². The molecule has 0 spiro atoms. The largest absolute Gasteiger partial charge is 0.493 e. The highest BCUT2D eigenvalue weighted by atomic mass is 32.2. The van der Waals surface area contributed by atoms with Crippen LogP contribution in [0.1, 0.15) is 37.0 Å². The molecule has 1 N–H and O–H groups in total. The molecular weight excluding hydrogens is 440 g/mol. The zero-order chi connectivity index (χ0) is 24.1. The Kier molecular flexibility index (Phi) is 7.81. The Hall–Kier alpha value is -3.26. The van der Waals surface area contributed by atoms with Crippen molar-refractivity contribution < 1.29 is 23.9 Å². The van der Waals surface area contributed by atoms with E-state index in [-0.39, 0.29) is 17.6 Å². The lowest BCUT2D eigenvalue weighted by Crippen LogP contribution is -2.36. The molecule has 174 valence electrons. The molecule has 0 unspecified atom stereocenters. The maximum absolute atomic E-state index is 12.8. The first-order valence-electron chi connectivity index (χ1n) is 10.7. The van der Waals surface area contributed by atoms with E-state index < -0.39 is 17.1 Å². The van der Waals surface area contributed by atoms with Crippen LogP contribution in [0, 0.1) is 13.8 Å². The van der Waals surface area contributed by atoms with Crippen molar-refractivity contribution in [3.63, 3.8) is 0 Å². The molecule has 1 saturated heterocycles. The van der Waals surface area contributed by atoms with Crippen LogP contribution < -0.4 is 14.8 Å². The Morgan fingerprint density at radius 1 is 1.15 bits per heavy atom. The number of rotatable bonds is 8. The van der Waals surface area contributed by atoms with Crippen LogP contribution >= 0.6 is 11.8 Å². The molecular formula is C25H28N2O5S. The van der Waals surface area contributed by atoms with Crippen LogP contribution in [0.4, 0.5) is 10.5 Å². The van der Waals surface area contributed by atoms with Gasteiger partial charge in [-0.05, 0) is 74.4 Å². The summed E-state index contributed by atoms with van der Waals surface area (Å²) < 4.78 is 11.3. The topological polar surface area (TPSA) is 84.9 Å². The summed E-state index contributed by atoms with van der Waals surface area (Å²) in [5.41, 5.74) is 3.33. The lowest BCUT2D eigenvalue weighted by molar-refractivity contribution is -0.127. The van der Waals surface area contributed by atoms with Gasteiger partial charge in [0.15, 0.2) is 11.5 Å². The number of aryl methyl sites for hydroxylation is 2. The molecule has 2 aromatic rings. The van der Waals surface area contributed by atoms with Crippen molar-refractivity contribution in [1.82, 2.24) is 4.90 Å². The SMILES string of the molecule is CC[C@H](C)Oc1ccc(/C=C2\SC(=O)N(CC(=O)Nc3ccc(C)cc3C)C2=O)cc1OC. The van der Waals surface area contributed by atoms with E-state index in [0.717, 1.165) is 34.2 Å². The smallest absolute Gasteiger partial charge is 0.294 e.